The number of carbonyl (C=O) groups excluding carboxylic acids is 1. The van der Waals surface area contributed by atoms with Crippen LogP contribution in [-0.4, -0.2) is 67.5 Å². The van der Waals surface area contributed by atoms with E-state index >= 15 is 0 Å². The van der Waals surface area contributed by atoms with Gasteiger partial charge in [0, 0.05) is 38.9 Å². The Morgan fingerprint density at radius 1 is 1.17 bits per heavy atom. The molecule has 0 aliphatic carbocycles. The fraction of sp³-hybridized carbons (Fsp3) is 0.391. The molecular formula is C23H29N5O. The Hall–Kier alpha value is -3.04. The van der Waals surface area contributed by atoms with Crippen molar-refractivity contribution in [2.45, 2.75) is 19.0 Å². The average Bonchev–Trinajstić information content (AvgIpc) is 2.91. The summed E-state index contributed by atoms with van der Waals surface area (Å²) in [6.45, 7) is 2.63. The first-order valence-electron chi connectivity index (χ1n) is 9.95. The molecule has 1 heterocycles. The first-order chi connectivity index (χ1) is 14.0. The van der Waals surface area contributed by atoms with Gasteiger partial charge >= 0.3 is 6.03 Å². The minimum atomic E-state index is 0.0182. The SMILES string of the molecule is CN(C)CCN(C)C(=O)N1Cc2cc(C#N)ccc2NC[C@H]1Cc1ccccc1. The number of amides is 2. The van der Waals surface area contributed by atoms with Gasteiger partial charge in [-0.25, -0.2) is 4.79 Å². The second-order valence-electron chi connectivity index (χ2n) is 7.84. The van der Waals surface area contributed by atoms with E-state index < -0.39 is 0 Å². The van der Waals surface area contributed by atoms with Crippen LogP contribution in [0.5, 0.6) is 0 Å². The summed E-state index contributed by atoms with van der Waals surface area (Å²) in [5.41, 5.74) is 3.79. The maximum absolute atomic E-state index is 13.4. The molecule has 1 atom stereocenters. The molecule has 6 nitrogen and oxygen atoms in total. The molecule has 2 aromatic rings. The fourth-order valence-electron chi connectivity index (χ4n) is 3.57. The number of likely N-dealkylation sites (N-methyl/N-ethyl adjacent to an activating group) is 2. The van der Waals surface area contributed by atoms with Crippen LogP contribution in [0.25, 0.3) is 0 Å². The molecule has 0 bridgehead atoms. The van der Waals surface area contributed by atoms with Gasteiger partial charge < -0.3 is 20.0 Å². The van der Waals surface area contributed by atoms with E-state index in [-0.39, 0.29) is 12.1 Å². The number of nitrogens with one attached hydrogen (secondary N) is 1. The van der Waals surface area contributed by atoms with Crippen LogP contribution >= 0.6 is 0 Å². The van der Waals surface area contributed by atoms with Gasteiger partial charge in [0.25, 0.3) is 0 Å². The van der Waals surface area contributed by atoms with Crippen LogP contribution in [0.4, 0.5) is 10.5 Å². The Kier molecular flexibility index (Phi) is 6.73. The lowest BCUT2D eigenvalue weighted by Gasteiger charge is -2.34. The van der Waals surface area contributed by atoms with Gasteiger partial charge in [-0.1, -0.05) is 30.3 Å². The molecule has 2 amide bonds. The molecule has 1 N–H and O–H groups in total. The first kappa shape index (κ1) is 20.7. The molecule has 2 aromatic carbocycles. The molecule has 6 heteroatoms. The summed E-state index contributed by atoms with van der Waals surface area (Å²) in [6.07, 6.45) is 0.778. The van der Waals surface area contributed by atoms with Crippen LogP contribution in [-0.2, 0) is 13.0 Å². The van der Waals surface area contributed by atoms with Crippen LogP contribution < -0.4 is 5.32 Å². The lowest BCUT2D eigenvalue weighted by atomic mass is 10.0. The van der Waals surface area contributed by atoms with Crippen LogP contribution in [0.1, 0.15) is 16.7 Å². The molecule has 0 aromatic heterocycles. The molecule has 0 radical (unpaired) electrons. The lowest BCUT2D eigenvalue weighted by Crippen LogP contribution is -2.49. The topological polar surface area (TPSA) is 62.6 Å². The Bertz CT molecular complexity index is 875. The highest BCUT2D eigenvalue weighted by Gasteiger charge is 2.29. The molecular weight excluding hydrogens is 362 g/mol. The van der Waals surface area contributed by atoms with Gasteiger partial charge in [-0.15, -0.1) is 0 Å². The van der Waals surface area contributed by atoms with E-state index in [9.17, 15) is 10.1 Å². The minimum Gasteiger partial charge on any atom is -0.383 e. The number of hydrogen-bond donors (Lipinski definition) is 1. The van der Waals surface area contributed by atoms with Crippen LogP contribution in [0.2, 0.25) is 0 Å². The summed E-state index contributed by atoms with van der Waals surface area (Å²) in [4.78, 5) is 19.2. The predicted octanol–water partition coefficient (Wildman–Crippen LogP) is 3.01. The Labute approximate surface area is 173 Å². The van der Waals surface area contributed by atoms with Crippen molar-refractivity contribution in [1.29, 1.82) is 5.26 Å². The third kappa shape index (κ3) is 5.27. The molecule has 0 spiro atoms. The number of rotatable bonds is 5. The van der Waals surface area contributed by atoms with Crippen molar-refractivity contribution >= 4 is 11.7 Å². The molecule has 152 valence electrons. The van der Waals surface area contributed by atoms with Gasteiger partial charge in [0.05, 0.1) is 17.7 Å². The molecule has 1 aliphatic rings. The predicted molar refractivity (Wildman–Crippen MR) is 116 cm³/mol. The Balaban J connectivity index is 1.87. The van der Waals surface area contributed by atoms with Crippen molar-refractivity contribution in [3.8, 4) is 6.07 Å². The van der Waals surface area contributed by atoms with E-state index in [1.165, 1.54) is 5.56 Å². The molecule has 0 fully saturated rings. The summed E-state index contributed by atoms with van der Waals surface area (Å²) < 4.78 is 0. The standard InChI is InChI=1S/C23H29N5O/c1-26(2)11-12-27(3)23(29)28-17-20-13-19(15-24)9-10-22(20)25-16-21(28)14-18-7-5-4-6-8-18/h4-10,13,21,25H,11-12,14,16-17H2,1-3H3/t21-/m1/s1. The summed E-state index contributed by atoms with van der Waals surface area (Å²) in [6, 6.07) is 18.1. The average molecular weight is 392 g/mol. The van der Waals surface area contributed by atoms with Gasteiger partial charge in [0.2, 0.25) is 0 Å². The highest BCUT2D eigenvalue weighted by Crippen LogP contribution is 2.26. The van der Waals surface area contributed by atoms with E-state index in [2.05, 4.69) is 28.4 Å². The maximum Gasteiger partial charge on any atom is 0.320 e. The number of hydrogen-bond acceptors (Lipinski definition) is 4. The van der Waals surface area contributed by atoms with Crippen molar-refractivity contribution in [3.05, 3.63) is 65.2 Å². The number of nitriles is 1. The third-order valence-corrected chi connectivity index (χ3v) is 5.31. The second-order valence-corrected chi connectivity index (χ2v) is 7.84. The summed E-state index contributed by atoms with van der Waals surface area (Å²) in [5.74, 6) is 0. The lowest BCUT2D eigenvalue weighted by molar-refractivity contribution is 0.138. The van der Waals surface area contributed by atoms with Crippen molar-refractivity contribution < 1.29 is 4.79 Å². The zero-order valence-electron chi connectivity index (χ0n) is 17.4. The quantitative estimate of drug-likeness (QED) is 0.851. The number of fused-ring (bicyclic) bond motifs is 1. The Morgan fingerprint density at radius 3 is 2.62 bits per heavy atom. The fourth-order valence-corrected chi connectivity index (χ4v) is 3.57. The summed E-state index contributed by atoms with van der Waals surface area (Å²) >= 11 is 0. The van der Waals surface area contributed by atoms with Crippen molar-refractivity contribution in [3.63, 3.8) is 0 Å². The van der Waals surface area contributed by atoms with Crippen LogP contribution in [0, 0.1) is 11.3 Å². The zero-order valence-corrected chi connectivity index (χ0v) is 17.4. The summed E-state index contributed by atoms with van der Waals surface area (Å²) in [7, 11) is 5.87. The van der Waals surface area contributed by atoms with Gasteiger partial charge in [-0.2, -0.15) is 5.26 Å². The molecule has 0 unspecified atom stereocenters. The number of nitrogens with zero attached hydrogens (tertiary/aromatic N) is 4. The monoisotopic (exact) mass is 391 g/mol. The van der Waals surface area contributed by atoms with Crippen molar-refractivity contribution in [2.24, 2.45) is 0 Å². The number of carbonyl (C=O) groups is 1. The molecule has 0 saturated heterocycles. The largest absolute Gasteiger partial charge is 0.383 e. The van der Waals surface area contributed by atoms with Crippen molar-refractivity contribution in [2.75, 3.05) is 46.1 Å². The van der Waals surface area contributed by atoms with Crippen molar-refractivity contribution in [1.82, 2.24) is 14.7 Å². The Morgan fingerprint density at radius 2 is 1.93 bits per heavy atom. The molecule has 0 saturated carbocycles. The van der Waals surface area contributed by atoms with E-state index in [1.54, 1.807) is 4.90 Å². The number of benzene rings is 2. The molecule has 29 heavy (non-hydrogen) atoms. The number of urea groups is 1. The van der Waals surface area contributed by atoms with E-state index in [4.69, 9.17) is 0 Å². The zero-order chi connectivity index (χ0) is 20.8. The van der Waals surface area contributed by atoms with E-state index in [0.29, 0.717) is 25.2 Å². The number of anilines is 1. The smallest absolute Gasteiger partial charge is 0.320 e. The molecule has 3 rings (SSSR count). The molecule has 1 aliphatic heterocycles. The highest BCUT2D eigenvalue weighted by atomic mass is 16.2. The summed E-state index contributed by atoms with van der Waals surface area (Å²) in [5, 5.41) is 12.8. The van der Waals surface area contributed by atoms with Crippen LogP contribution in [0.3, 0.4) is 0 Å². The van der Waals surface area contributed by atoms with Crippen LogP contribution in [0.15, 0.2) is 48.5 Å². The normalized spacial score (nSPS) is 15.8. The van der Waals surface area contributed by atoms with Gasteiger partial charge in [0.1, 0.15) is 0 Å². The van der Waals surface area contributed by atoms with E-state index in [1.807, 2.05) is 62.4 Å². The maximum atomic E-state index is 13.4. The van der Waals surface area contributed by atoms with E-state index in [0.717, 1.165) is 24.2 Å². The first-order valence-corrected chi connectivity index (χ1v) is 9.95. The highest BCUT2D eigenvalue weighted by molar-refractivity contribution is 5.75. The van der Waals surface area contributed by atoms with Gasteiger partial charge in [-0.05, 0) is 49.8 Å². The third-order valence-electron chi connectivity index (χ3n) is 5.31. The van der Waals surface area contributed by atoms with Gasteiger partial charge in [-0.3, -0.25) is 0 Å². The van der Waals surface area contributed by atoms with Gasteiger partial charge in [0.15, 0.2) is 0 Å². The minimum absolute atomic E-state index is 0.0182. The second kappa shape index (κ2) is 9.44.